The van der Waals surface area contributed by atoms with Crippen LogP contribution in [0.3, 0.4) is 0 Å². The molecule has 0 amide bonds. The quantitative estimate of drug-likeness (QED) is 0.447. The van der Waals surface area contributed by atoms with Crippen LogP contribution in [0.4, 0.5) is 0 Å². The van der Waals surface area contributed by atoms with Gasteiger partial charge in [-0.05, 0) is 18.6 Å². The van der Waals surface area contributed by atoms with Crippen LogP contribution in [-0.2, 0) is 4.74 Å². The fourth-order valence-electron chi connectivity index (χ4n) is 0.437. The summed E-state index contributed by atoms with van der Waals surface area (Å²) in [6.45, 7) is 0. The number of hydrogen-bond acceptors (Lipinski definition) is 2. The van der Waals surface area contributed by atoms with E-state index in [9.17, 15) is 0 Å². The molecular weight excluding hydrogens is 136 g/mol. The molecule has 0 aliphatic carbocycles. The minimum absolute atomic E-state index is 0.433. The molecule has 1 unspecified atom stereocenters. The third-order valence-corrected chi connectivity index (χ3v) is 2.08. The van der Waals surface area contributed by atoms with E-state index in [0.717, 1.165) is 18.6 Å². The molecule has 1 atom stereocenters. The normalized spacial score (nSPS) is 13.9. The summed E-state index contributed by atoms with van der Waals surface area (Å²) in [6, 6.07) is 0. The predicted octanol–water partition coefficient (Wildman–Crippen LogP) is 0.302. The summed E-state index contributed by atoms with van der Waals surface area (Å²) in [5.41, 5.74) is 0.433. The summed E-state index contributed by atoms with van der Waals surface area (Å²) in [5, 5.41) is 0. The van der Waals surface area contributed by atoms with E-state index >= 15 is 0 Å². The van der Waals surface area contributed by atoms with E-state index in [2.05, 4.69) is 12.6 Å². The van der Waals surface area contributed by atoms with Crippen LogP contribution in [0.5, 0.6) is 0 Å². The molecule has 1 nitrogen and oxygen atoms in total. The summed E-state index contributed by atoms with van der Waals surface area (Å²) in [4.78, 5) is 0. The van der Waals surface area contributed by atoms with Crippen molar-refractivity contribution in [3.8, 4) is 0 Å². The van der Waals surface area contributed by atoms with Crippen molar-refractivity contribution >= 4 is 22.9 Å². The highest BCUT2D eigenvalue weighted by Gasteiger charge is 1.95. The van der Waals surface area contributed by atoms with Gasteiger partial charge in [0.05, 0.1) is 0 Å². The highest BCUT2D eigenvalue weighted by molar-refractivity contribution is 7.80. The zero-order valence-electron chi connectivity index (χ0n) is 5.26. The Balaban J connectivity index is 2.86. The maximum atomic E-state index is 5.03. The van der Waals surface area contributed by atoms with Crippen LogP contribution in [-0.4, -0.2) is 28.8 Å². The van der Waals surface area contributed by atoms with Gasteiger partial charge in [-0.3, -0.25) is 0 Å². The number of ether oxygens (including phenoxy) is 1. The molecule has 49 valence electrons. The molecule has 0 saturated carbocycles. The molecule has 0 aliphatic heterocycles. The van der Waals surface area contributed by atoms with Gasteiger partial charge in [-0.2, -0.15) is 12.6 Å². The Hall–Kier alpha value is 0.527. The average molecular weight is 149 g/mol. The van der Waals surface area contributed by atoms with Crippen molar-refractivity contribution in [3.05, 3.63) is 0 Å². The number of methoxy groups -OCH3 is 1. The van der Waals surface area contributed by atoms with Crippen LogP contribution in [0.25, 0.3) is 0 Å². The van der Waals surface area contributed by atoms with Crippen LogP contribution in [0.2, 0.25) is 0 Å². The Kier molecular flexibility index (Phi) is 6.03. The fraction of sp³-hybridized carbons (Fsp3) is 1.00. The van der Waals surface area contributed by atoms with Crippen molar-refractivity contribution in [2.24, 2.45) is 0 Å². The zero-order chi connectivity index (χ0) is 6.41. The van der Waals surface area contributed by atoms with Gasteiger partial charge in [0.25, 0.3) is 0 Å². The Bertz CT molecular complexity index is 51.7. The summed E-state index contributed by atoms with van der Waals surface area (Å²) in [5.74, 6) is 0.970. The van der Waals surface area contributed by atoms with Crippen molar-refractivity contribution in [2.75, 3.05) is 12.9 Å². The van der Waals surface area contributed by atoms with Gasteiger partial charge in [0.15, 0.2) is 0 Å². The van der Waals surface area contributed by atoms with Gasteiger partial charge in [-0.1, -0.05) is 0 Å². The fourth-order valence-corrected chi connectivity index (χ4v) is 0.908. The highest BCUT2D eigenvalue weighted by Crippen LogP contribution is 1.96. The van der Waals surface area contributed by atoms with Crippen LogP contribution in [0.15, 0.2) is 0 Å². The van der Waals surface area contributed by atoms with Gasteiger partial charge < -0.3 is 4.74 Å². The molecule has 0 fully saturated rings. The first kappa shape index (κ1) is 8.53. The first-order valence-corrected chi connectivity index (χ1v) is 4.23. The van der Waals surface area contributed by atoms with Crippen LogP contribution >= 0.6 is 12.6 Å². The molecule has 0 N–H and O–H groups in total. The summed E-state index contributed by atoms with van der Waals surface area (Å²) >= 11 is 4.08. The lowest BCUT2D eigenvalue weighted by Crippen LogP contribution is -2.09. The molecule has 0 rings (SSSR count). The maximum Gasteiger partial charge on any atom is 0.0467 e. The molecule has 0 heterocycles. The first-order valence-electron chi connectivity index (χ1n) is 2.78. The van der Waals surface area contributed by atoms with E-state index in [1.807, 2.05) is 10.2 Å². The minimum Gasteiger partial charge on any atom is -0.386 e. The van der Waals surface area contributed by atoms with E-state index in [1.165, 1.54) is 0 Å². The van der Waals surface area contributed by atoms with Gasteiger partial charge in [0.2, 0.25) is 0 Å². The van der Waals surface area contributed by atoms with Gasteiger partial charge >= 0.3 is 0 Å². The SMILES string of the molecule is COC([SiH2])CCCS. The molecule has 8 heavy (non-hydrogen) atoms. The Morgan fingerprint density at radius 2 is 2.38 bits per heavy atom. The second-order valence-corrected chi connectivity index (χ2v) is 3.08. The molecule has 1 radical (unpaired) electrons. The average Bonchev–Trinajstić information content (AvgIpc) is 1.83. The topological polar surface area (TPSA) is 9.23 Å². The van der Waals surface area contributed by atoms with Crippen LogP contribution in [0, 0.1) is 0 Å². The van der Waals surface area contributed by atoms with Crippen molar-refractivity contribution in [1.29, 1.82) is 0 Å². The van der Waals surface area contributed by atoms with Gasteiger partial charge in [-0.15, -0.1) is 0 Å². The lowest BCUT2D eigenvalue weighted by molar-refractivity contribution is 0.159. The molecule has 0 aromatic heterocycles. The predicted molar refractivity (Wildman–Crippen MR) is 42.4 cm³/mol. The molecule has 0 bridgehead atoms. The van der Waals surface area contributed by atoms with E-state index in [1.54, 1.807) is 7.11 Å². The Morgan fingerprint density at radius 3 is 2.75 bits per heavy atom. The van der Waals surface area contributed by atoms with Crippen molar-refractivity contribution in [2.45, 2.75) is 18.6 Å². The Labute approximate surface area is 59.6 Å². The van der Waals surface area contributed by atoms with Gasteiger partial charge in [0, 0.05) is 23.1 Å². The zero-order valence-corrected chi connectivity index (χ0v) is 7.57. The number of rotatable bonds is 4. The van der Waals surface area contributed by atoms with E-state index < -0.39 is 0 Å². The molecular formula is C5H13OSSi. The molecule has 0 aliphatic rings. The third-order valence-electron chi connectivity index (χ3n) is 1.02. The maximum absolute atomic E-state index is 5.03. The van der Waals surface area contributed by atoms with Crippen molar-refractivity contribution < 1.29 is 4.74 Å². The second kappa shape index (κ2) is 5.66. The lowest BCUT2D eigenvalue weighted by atomic mass is 10.3. The largest absolute Gasteiger partial charge is 0.386 e. The molecule has 0 aromatic carbocycles. The summed E-state index contributed by atoms with van der Waals surface area (Å²) in [6.07, 6.45) is 2.30. The first-order chi connectivity index (χ1) is 3.81. The summed E-state index contributed by atoms with van der Waals surface area (Å²) < 4.78 is 5.03. The van der Waals surface area contributed by atoms with E-state index in [-0.39, 0.29) is 0 Å². The van der Waals surface area contributed by atoms with Crippen molar-refractivity contribution in [1.82, 2.24) is 0 Å². The summed E-state index contributed by atoms with van der Waals surface area (Å²) in [7, 11) is 3.63. The minimum atomic E-state index is 0.433. The van der Waals surface area contributed by atoms with Gasteiger partial charge in [-0.25, -0.2) is 0 Å². The number of hydrogen-bond donors (Lipinski definition) is 1. The third kappa shape index (κ3) is 4.68. The monoisotopic (exact) mass is 149 g/mol. The Morgan fingerprint density at radius 1 is 1.75 bits per heavy atom. The lowest BCUT2D eigenvalue weighted by Gasteiger charge is -2.05. The van der Waals surface area contributed by atoms with Crippen LogP contribution in [0.1, 0.15) is 12.8 Å². The molecule has 3 heteroatoms. The standard InChI is InChI=1S/C5H13OSSi/c1-6-5(8)3-2-4-7/h5,7H,2-4,8H2,1H3. The molecule has 0 saturated heterocycles. The second-order valence-electron chi connectivity index (χ2n) is 1.72. The molecule has 0 spiro atoms. The smallest absolute Gasteiger partial charge is 0.0467 e. The molecule has 0 aromatic rings. The van der Waals surface area contributed by atoms with E-state index in [0.29, 0.717) is 5.73 Å². The van der Waals surface area contributed by atoms with Gasteiger partial charge in [0.1, 0.15) is 0 Å². The number of thiol groups is 1. The highest BCUT2D eigenvalue weighted by atomic mass is 32.1. The van der Waals surface area contributed by atoms with Crippen LogP contribution < -0.4 is 0 Å². The van der Waals surface area contributed by atoms with Crippen molar-refractivity contribution in [3.63, 3.8) is 0 Å². The van der Waals surface area contributed by atoms with E-state index in [4.69, 9.17) is 4.74 Å².